The molecule has 0 saturated carbocycles. The van der Waals surface area contributed by atoms with E-state index in [1.165, 1.54) is 18.2 Å². The van der Waals surface area contributed by atoms with Gasteiger partial charge in [-0.05, 0) is 38.5 Å². The Balaban J connectivity index is 1.84. The number of benzene rings is 1. The molecule has 2 aliphatic heterocycles. The SMILES string of the molecule is Cc1ccc(N2C(=O)CCS2(=O)=O)cc1S(=O)(=O)NCC(C)(C)N1CCOCC1. The van der Waals surface area contributed by atoms with E-state index in [4.69, 9.17) is 4.74 Å². The lowest BCUT2D eigenvalue weighted by molar-refractivity contribution is -0.116. The minimum absolute atomic E-state index is 0.0392. The average molecular weight is 446 g/mol. The Kier molecular flexibility index (Phi) is 6.08. The molecule has 1 aromatic rings. The standard InChI is InChI=1S/C18H27N3O6S2/c1-14-4-5-15(21-17(22)6-11-28(21,23)24)12-16(14)29(25,26)19-13-18(2,3)20-7-9-27-10-8-20/h4-5,12,19H,6-11,13H2,1-3H3. The second kappa shape index (κ2) is 7.95. The maximum atomic E-state index is 13.0. The summed E-state index contributed by atoms with van der Waals surface area (Å²) in [5.74, 6) is -0.827. The van der Waals surface area contributed by atoms with Gasteiger partial charge < -0.3 is 4.74 Å². The first-order valence-corrected chi connectivity index (χ1v) is 12.5. The van der Waals surface area contributed by atoms with Crippen LogP contribution in [0.4, 0.5) is 5.69 Å². The van der Waals surface area contributed by atoms with Crippen molar-refractivity contribution in [2.24, 2.45) is 0 Å². The predicted octanol–water partition coefficient (Wildman–Crippen LogP) is 0.451. The summed E-state index contributed by atoms with van der Waals surface area (Å²) in [4.78, 5) is 14.2. The summed E-state index contributed by atoms with van der Waals surface area (Å²) in [6.45, 7) is 8.38. The summed E-state index contributed by atoms with van der Waals surface area (Å²) in [5, 5.41) is 0. The summed E-state index contributed by atoms with van der Waals surface area (Å²) in [5.41, 5.74) is 0.0942. The van der Waals surface area contributed by atoms with Crippen LogP contribution in [0.15, 0.2) is 23.1 Å². The Morgan fingerprint density at radius 2 is 1.86 bits per heavy atom. The number of carbonyl (C=O) groups is 1. The van der Waals surface area contributed by atoms with Crippen molar-refractivity contribution in [2.75, 3.05) is 42.9 Å². The lowest BCUT2D eigenvalue weighted by Crippen LogP contribution is -2.55. The quantitative estimate of drug-likeness (QED) is 0.676. The largest absolute Gasteiger partial charge is 0.379 e. The number of morpholine rings is 1. The Morgan fingerprint density at radius 3 is 2.45 bits per heavy atom. The first-order chi connectivity index (χ1) is 13.4. The highest BCUT2D eigenvalue weighted by atomic mass is 32.2. The smallest absolute Gasteiger partial charge is 0.242 e. The maximum absolute atomic E-state index is 13.0. The van der Waals surface area contributed by atoms with Crippen molar-refractivity contribution >= 4 is 31.6 Å². The van der Waals surface area contributed by atoms with Gasteiger partial charge in [0, 0.05) is 31.6 Å². The molecule has 162 valence electrons. The van der Waals surface area contributed by atoms with E-state index in [1.807, 2.05) is 13.8 Å². The van der Waals surface area contributed by atoms with Crippen LogP contribution in [0.2, 0.25) is 0 Å². The number of hydrogen-bond acceptors (Lipinski definition) is 7. The van der Waals surface area contributed by atoms with Gasteiger partial charge in [-0.15, -0.1) is 0 Å². The summed E-state index contributed by atoms with van der Waals surface area (Å²) in [7, 11) is -7.67. The molecule has 1 amide bonds. The molecule has 0 bridgehead atoms. The van der Waals surface area contributed by atoms with Crippen LogP contribution >= 0.6 is 0 Å². The second-order valence-electron chi connectivity index (χ2n) is 7.91. The molecule has 0 unspecified atom stereocenters. The van der Waals surface area contributed by atoms with Crippen LogP contribution in [0.3, 0.4) is 0 Å². The van der Waals surface area contributed by atoms with Gasteiger partial charge in [-0.25, -0.2) is 25.9 Å². The molecule has 0 aliphatic carbocycles. The van der Waals surface area contributed by atoms with Gasteiger partial charge in [0.1, 0.15) is 0 Å². The molecule has 2 aliphatic rings. The average Bonchev–Trinajstić information content (AvgIpc) is 2.94. The number of nitrogens with zero attached hydrogens (tertiary/aromatic N) is 2. The van der Waals surface area contributed by atoms with Gasteiger partial charge in [-0.2, -0.15) is 0 Å². The molecule has 2 saturated heterocycles. The molecule has 29 heavy (non-hydrogen) atoms. The number of hydrogen-bond donors (Lipinski definition) is 1. The number of rotatable bonds is 6. The van der Waals surface area contributed by atoms with E-state index in [9.17, 15) is 21.6 Å². The van der Waals surface area contributed by atoms with Gasteiger partial charge >= 0.3 is 0 Å². The molecule has 2 heterocycles. The van der Waals surface area contributed by atoms with Crippen molar-refractivity contribution < 1.29 is 26.4 Å². The molecule has 1 N–H and O–H groups in total. The second-order valence-corrected chi connectivity index (χ2v) is 11.6. The van der Waals surface area contributed by atoms with Crippen molar-refractivity contribution in [3.8, 4) is 0 Å². The summed E-state index contributed by atoms with van der Waals surface area (Å²) in [6, 6.07) is 4.21. The minimum atomic E-state index is -3.91. The fraction of sp³-hybridized carbons (Fsp3) is 0.611. The molecule has 0 atom stereocenters. The Labute approximate surface area is 172 Å². The van der Waals surface area contributed by atoms with Crippen molar-refractivity contribution in [2.45, 2.75) is 37.6 Å². The highest BCUT2D eigenvalue weighted by Crippen LogP contribution is 2.29. The Hall–Kier alpha value is -1.53. The normalized spacial score (nSPS) is 20.9. The predicted molar refractivity (Wildman–Crippen MR) is 109 cm³/mol. The molecule has 2 fully saturated rings. The number of ether oxygens (including phenoxy) is 1. The number of amides is 1. The van der Waals surface area contributed by atoms with Gasteiger partial charge in [0.2, 0.25) is 26.0 Å². The summed E-state index contributed by atoms with van der Waals surface area (Å²) < 4.78 is 59.0. The van der Waals surface area contributed by atoms with Crippen LogP contribution in [0, 0.1) is 6.92 Å². The minimum Gasteiger partial charge on any atom is -0.379 e. The zero-order chi connectivity index (χ0) is 21.4. The fourth-order valence-electron chi connectivity index (χ4n) is 3.50. The van der Waals surface area contributed by atoms with E-state index < -0.39 is 31.5 Å². The Bertz CT molecular complexity index is 998. The van der Waals surface area contributed by atoms with Crippen molar-refractivity contribution in [1.29, 1.82) is 0 Å². The highest BCUT2D eigenvalue weighted by Gasteiger charge is 2.37. The lowest BCUT2D eigenvalue weighted by atomic mass is 10.0. The number of aryl methyl sites for hydroxylation is 1. The lowest BCUT2D eigenvalue weighted by Gasteiger charge is -2.40. The van der Waals surface area contributed by atoms with E-state index in [0.29, 0.717) is 23.1 Å². The van der Waals surface area contributed by atoms with Gasteiger partial charge in [0.05, 0.1) is 29.5 Å². The third-order valence-electron chi connectivity index (χ3n) is 5.34. The molecule has 0 radical (unpaired) electrons. The van der Waals surface area contributed by atoms with Crippen LogP contribution in [-0.2, 0) is 29.6 Å². The zero-order valence-corrected chi connectivity index (χ0v) is 18.5. The molecule has 9 nitrogen and oxygen atoms in total. The summed E-state index contributed by atoms with van der Waals surface area (Å²) in [6.07, 6.45) is -0.107. The van der Waals surface area contributed by atoms with Gasteiger partial charge in [-0.3, -0.25) is 9.69 Å². The van der Waals surface area contributed by atoms with Crippen molar-refractivity contribution in [3.63, 3.8) is 0 Å². The number of sulfonamides is 2. The molecule has 3 rings (SSSR count). The maximum Gasteiger partial charge on any atom is 0.242 e. The number of carbonyl (C=O) groups excluding carboxylic acids is 1. The first kappa shape index (κ1) is 22.2. The molecular weight excluding hydrogens is 418 g/mol. The van der Waals surface area contributed by atoms with Crippen LogP contribution < -0.4 is 9.03 Å². The van der Waals surface area contributed by atoms with Gasteiger partial charge in [0.25, 0.3) is 0 Å². The van der Waals surface area contributed by atoms with E-state index in [2.05, 4.69) is 9.62 Å². The van der Waals surface area contributed by atoms with E-state index in [0.717, 1.165) is 13.1 Å². The van der Waals surface area contributed by atoms with Gasteiger partial charge in [0.15, 0.2) is 0 Å². The third kappa shape index (κ3) is 4.64. The molecular formula is C18H27N3O6S2. The van der Waals surface area contributed by atoms with Crippen LogP contribution in [0.5, 0.6) is 0 Å². The van der Waals surface area contributed by atoms with Crippen LogP contribution in [-0.4, -0.2) is 71.8 Å². The van der Waals surface area contributed by atoms with Crippen molar-refractivity contribution in [1.82, 2.24) is 9.62 Å². The highest BCUT2D eigenvalue weighted by molar-refractivity contribution is 7.94. The van der Waals surface area contributed by atoms with Gasteiger partial charge in [-0.1, -0.05) is 6.07 Å². The van der Waals surface area contributed by atoms with E-state index in [1.54, 1.807) is 6.92 Å². The summed E-state index contributed by atoms with van der Waals surface area (Å²) >= 11 is 0. The van der Waals surface area contributed by atoms with E-state index in [-0.39, 0.29) is 29.3 Å². The van der Waals surface area contributed by atoms with E-state index >= 15 is 0 Å². The topological polar surface area (TPSA) is 113 Å². The zero-order valence-electron chi connectivity index (χ0n) is 16.8. The molecule has 0 spiro atoms. The molecule has 1 aromatic carbocycles. The number of nitrogens with one attached hydrogen (secondary N) is 1. The third-order valence-corrected chi connectivity index (χ3v) is 8.57. The molecule has 11 heteroatoms. The fourth-order valence-corrected chi connectivity index (χ4v) is 6.42. The first-order valence-electron chi connectivity index (χ1n) is 9.43. The Morgan fingerprint density at radius 1 is 1.21 bits per heavy atom. The van der Waals surface area contributed by atoms with Crippen LogP contribution in [0.1, 0.15) is 25.8 Å². The van der Waals surface area contributed by atoms with Crippen LogP contribution in [0.25, 0.3) is 0 Å². The monoisotopic (exact) mass is 445 g/mol. The molecule has 0 aromatic heterocycles. The number of anilines is 1. The van der Waals surface area contributed by atoms with Crippen molar-refractivity contribution in [3.05, 3.63) is 23.8 Å².